The van der Waals surface area contributed by atoms with Gasteiger partial charge in [-0.25, -0.2) is 9.67 Å². The van der Waals surface area contributed by atoms with Crippen LogP contribution in [-0.2, 0) is 17.6 Å². The Hall–Kier alpha value is -2.72. The highest BCUT2D eigenvalue weighted by Gasteiger charge is 2.36. The van der Waals surface area contributed by atoms with Crippen molar-refractivity contribution in [3.8, 4) is 5.75 Å². The number of benzene rings is 1. The van der Waals surface area contributed by atoms with Gasteiger partial charge >= 0.3 is 6.18 Å². The minimum absolute atomic E-state index is 0.0960. The summed E-state index contributed by atoms with van der Waals surface area (Å²) in [5.41, 5.74) is 0.299. The van der Waals surface area contributed by atoms with Gasteiger partial charge in [0, 0.05) is 0 Å². The monoisotopic (exact) mass is 468 g/mol. The maximum Gasteiger partial charge on any atom is 0.435 e. The largest absolute Gasteiger partial charge is 0.487 e. The van der Waals surface area contributed by atoms with E-state index in [1.807, 2.05) is 6.08 Å². The number of aliphatic imine (C=N–C) groups is 1. The van der Waals surface area contributed by atoms with Crippen molar-refractivity contribution in [3.05, 3.63) is 59.9 Å². The second kappa shape index (κ2) is 8.80. The van der Waals surface area contributed by atoms with Crippen molar-refractivity contribution in [2.24, 2.45) is 4.99 Å². The first kappa shape index (κ1) is 21.5. The van der Waals surface area contributed by atoms with E-state index in [0.717, 1.165) is 6.07 Å². The summed E-state index contributed by atoms with van der Waals surface area (Å²) in [6, 6.07) is 7.64. The predicted octanol–water partition coefficient (Wildman–Crippen LogP) is 4.74. The van der Waals surface area contributed by atoms with E-state index in [2.05, 4.69) is 15.4 Å². The van der Waals surface area contributed by atoms with Gasteiger partial charge in [-0.3, -0.25) is 4.79 Å². The van der Waals surface area contributed by atoms with E-state index in [1.165, 1.54) is 16.4 Å². The number of amides is 1. The zero-order chi connectivity index (χ0) is 22.0. The Bertz CT molecular complexity index is 1080. The number of hydrogen-bond acceptors (Lipinski definition) is 5. The summed E-state index contributed by atoms with van der Waals surface area (Å²) in [6.45, 7) is -0.131. The standard InChI is InChI=1S/C20H16ClF3N4O2S/c21-15-3-1-2-4-16(15)28-13(9-17(27-28)20(22,23)24)10-30-14-7-5-12(6-8-14)25-19-26-18(29)11-31-19/h1-2,4-9,15H,3,10-11H2,(H,25,26,29). The second-order valence-corrected chi connectivity index (χ2v) is 8.18. The van der Waals surface area contributed by atoms with E-state index in [0.29, 0.717) is 34.5 Å². The lowest BCUT2D eigenvalue weighted by Crippen LogP contribution is -2.19. The van der Waals surface area contributed by atoms with Crippen LogP contribution in [0.5, 0.6) is 5.75 Å². The van der Waals surface area contributed by atoms with Crippen LogP contribution in [0.3, 0.4) is 0 Å². The molecule has 1 N–H and O–H groups in total. The van der Waals surface area contributed by atoms with Gasteiger partial charge in [0.05, 0.1) is 28.2 Å². The molecule has 1 aromatic carbocycles. The van der Waals surface area contributed by atoms with E-state index in [-0.39, 0.29) is 18.2 Å². The van der Waals surface area contributed by atoms with Gasteiger partial charge in [-0.2, -0.15) is 18.3 Å². The number of carbonyl (C=O) groups excluding carboxylic acids is 1. The molecule has 2 heterocycles. The molecule has 0 saturated carbocycles. The van der Waals surface area contributed by atoms with Crippen molar-refractivity contribution in [3.63, 3.8) is 0 Å². The average Bonchev–Trinajstić information content (AvgIpc) is 3.34. The topological polar surface area (TPSA) is 68.5 Å². The number of rotatable bonds is 5. The Morgan fingerprint density at radius 2 is 2.10 bits per heavy atom. The first-order valence-corrected chi connectivity index (χ1v) is 10.6. The predicted molar refractivity (Wildman–Crippen MR) is 113 cm³/mol. The lowest BCUT2D eigenvalue weighted by atomic mass is 10.1. The zero-order valence-electron chi connectivity index (χ0n) is 15.9. The third-order valence-corrected chi connectivity index (χ3v) is 5.70. The molecule has 1 aliphatic carbocycles. The molecule has 0 radical (unpaired) electrons. The van der Waals surface area contributed by atoms with Gasteiger partial charge in [0.25, 0.3) is 0 Å². The van der Waals surface area contributed by atoms with Crippen molar-refractivity contribution in [2.75, 3.05) is 5.75 Å². The minimum Gasteiger partial charge on any atom is -0.487 e. The highest BCUT2D eigenvalue weighted by molar-refractivity contribution is 8.15. The van der Waals surface area contributed by atoms with Crippen LogP contribution < -0.4 is 10.1 Å². The van der Waals surface area contributed by atoms with Gasteiger partial charge in [0.15, 0.2) is 10.9 Å². The molecule has 4 rings (SSSR count). The molecule has 1 aromatic heterocycles. The molecular weight excluding hydrogens is 453 g/mol. The van der Waals surface area contributed by atoms with Crippen molar-refractivity contribution < 1.29 is 22.7 Å². The van der Waals surface area contributed by atoms with E-state index in [1.54, 1.807) is 36.4 Å². The fraction of sp³-hybridized carbons (Fsp3) is 0.250. The Morgan fingerprint density at radius 1 is 1.32 bits per heavy atom. The SMILES string of the molecule is O=C1CSC(=Nc2ccc(OCc3cc(C(F)(F)F)nn3C3=CC=CCC3Cl)cc2)N1. The molecule has 2 aliphatic rings. The fourth-order valence-electron chi connectivity index (χ4n) is 2.95. The van der Waals surface area contributed by atoms with E-state index in [4.69, 9.17) is 16.3 Å². The second-order valence-electron chi connectivity index (χ2n) is 6.69. The number of hydrogen-bond donors (Lipinski definition) is 1. The number of nitrogens with one attached hydrogen (secondary N) is 1. The molecule has 1 aliphatic heterocycles. The van der Waals surface area contributed by atoms with Crippen LogP contribution >= 0.6 is 23.4 Å². The molecule has 1 atom stereocenters. The summed E-state index contributed by atoms with van der Waals surface area (Å²) >= 11 is 7.60. The molecule has 0 bridgehead atoms. The summed E-state index contributed by atoms with van der Waals surface area (Å²) < 4.78 is 46.5. The molecule has 1 amide bonds. The highest BCUT2D eigenvalue weighted by Crippen LogP contribution is 2.32. The van der Waals surface area contributed by atoms with E-state index < -0.39 is 17.2 Å². The summed E-state index contributed by atoms with van der Waals surface area (Å²) in [5, 5.41) is 6.39. The van der Waals surface area contributed by atoms with Gasteiger partial charge in [0.1, 0.15) is 12.4 Å². The Balaban J connectivity index is 1.51. The maximum atomic E-state index is 13.2. The van der Waals surface area contributed by atoms with Crippen LogP contribution in [0.2, 0.25) is 0 Å². The molecule has 162 valence electrons. The Morgan fingerprint density at radius 3 is 2.74 bits per heavy atom. The van der Waals surface area contributed by atoms with Gasteiger partial charge in [-0.05, 0) is 42.8 Å². The van der Waals surface area contributed by atoms with Gasteiger partial charge < -0.3 is 10.1 Å². The summed E-state index contributed by atoms with van der Waals surface area (Å²) in [7, 11) is 0. The van der Waals surface area contributed by atoms with Gasteiger partial charge in [-0.1, -0.05) is 23.9 Å². The normalized spacial score (nSPS) is 20.1. The number of alkyl halides is 4. The number of amidine groups is 1. The fourth-order valence-corrected chi connectivity index (χ4v) is 3.92. The molecule has 6 nitrogen and oxygen atoms in total. The summed E-state index contributed by atoms with van der Waals surface area (Å²) in [6.07, 6.45) is 1.13. The van der Waals surface area contributed by atoms with E-state index >= 15 is 0 Å². The van der Waals surface area contributed by atoms with Crippen molar-refractivity contribution in [1.82, 2.24) is 15.1 Å². The maximum absolute atomic E-state index is 13.2. The number of aromatic nitrogens is 2. The first-order chi connectivity index (χ1) is 14.8. The van der Waals surface area contributed by atoms with Crippen LogP contribution in [0.25, 0.3) is 5.70 Å². The van der Waals surface area contributed by atoms with Gasteiger partial charge in [-0.15, -0.1) is 11.6 Å². The van der Waals surface area contributed by atoms with Crippen LogP contribution in [-0.4, -0.2) is 32.0 Å². The van der Waals surface area contributed by atoms with Crippen LogP contribution in [0.1, 0.15) is 17.8 Å². The third-order valence-electron chi connectivity index (χ3n) is 4.43. The molecule has 0 spiro atoms. The third kappa shape index (κ3) is 5.13. The first-order valence-electron chi connectivity index (χ1n) is 9.21. The molecule has 31 heavy (non-hydrogen) atoms. The quantitative estimate of drug-likeness (QED) is 0.644. The number of carbonyl (C=O) groups is 1. The summed E-state index contributed by atoms with van der Waals surface area (Å²) in [4.78, 5) is 15.5. The number of ether oxygens (including phenoxy) is 1. The molecule has 1 fully saturated rings. The highest BCUT2D eigenvalue weighted by atomic mass is 35.5. The van der Waals surface area contributed by atoms with Crippen molar-refractivity contribution in [2.45, 2.75) is 24.6 Å². The molecule has 11 heteroatoms. The summed E-state index contributed by atoms with van der Waals surface area (Å²) in [5.74, 6) is 0.692. The van der Waals surface area contributed by atoms with Crippen LogP contribution in [0, 0.1) is 0 Å². The number of thioether (sulfide) groups is 1. The lowest BCUT2D eigenvalue weighted by Gasteiger charge is -2.18. The number of allylic oxidation sites excluding steroid dienone is 4. The molecule has 2 aromatic rings. The molecular formula is C20H16ClF3N4O2S. The lowest BCUT2D eigenvalue weighted by molar-refractivity contribution is -0.141. The van der Waals surface area contributed by atoms with Crippen LogP contribution in [0.15, 0.2) is 53.6 Å². The smallest absolute Gasteiger partial charge is 0.435 e. The Labute approximate surface area is 184 Å². The van der Waals surface area contributed by atoms with Crippen molar-refractivity contribution in [1.29, 1.82) is 0 Å². The Kier molecular flexibility index (Phi) is 6.10. The van der Waals surface area contributed by atoms with Gasteiger partial charge in [0.2, 0.25) is 5.91 Å². The number of halogens is 4. The molecule has 1 unspecified atom stereocenters. The minimum atomic E-state index is -4.58. The van der Waals surface area contributed by atoms with Crippen molar-refractivity contribution >= 4 is 45.8 Å². The van der Waals surface area contributed by atoms with E-state index in [9.17, 15) is 18.0 Å². The zero-order valence-corrected chi connectivity index (χ0v) is 17.5. The number of nitrogens with zero attached hydrogens (tertiary/aromatic N) is 3. The average molecular weight is 469 g/mol. The van der Waals surface area contributed by atoms with Crippen LogP contribution in [0.4, 0.5) is 18.9 Å². The molecule has 1 saturated heterocycles.